The topological polar surface area (TPSA) is 58.1 Å². The summed E-state index contributed by atoms with van der Waals surface area (Å²) in [5.41, 5.74) is 3.77. The van der Waals surface area contributed by atoms with Crippen LogP contribution in [0.3, 0.4) is 0 Å². The number of aliphatic hydroxyl groups excluding tert-OH is 1. The highest BCUT2D eigenvalue weighted by Crippen LogP contribution is 2.28. The van der Waals surface area contributed by atoms with Gasteiger partial charge in [0.1, 0.15) is 18.5 Å². The molecule has 0 bridgehead atoms. The Balaban J connectivity index is 0.00000243. The number of piperazine rings is 1. The molecule has 1 aromatic carbocycles. The molecule has 8 heteroatoms. The third kappa shape index (κ3) is 5.23. The lowest BCUT2D eigenvalue weighted by molar-refractivity contribution is 0.0673. The van der Waals surface area contributed by atoms with Gasteiger partial charge in [-0.05, 0) is 19.1 Å². The fraction of sp³-hybridized carbons (Fsp3) is 0.500. The quantitative estimate of drug-likeness (QED) is 0.771. The van der Waals surface area contributed by atoms with E-state index in [0.717, 1.165) is 48.4 Å². The van der Waals surface area contributed by atoms with Gasteiger partial charge in [0.05, 0.1) is 24.0 Å². The molecule has 1 N–H and O–H groups in total. The summed E-state index contributed by atoms with van der Waals surface area (Å²) in [5, 5.41) is 11.0. The minimum absolute atomic E-state index is 0. The van der Waals surface area contributed by atoms with Crippen LogP contribution in [0.15, 0.2) is 29.8 Å². The second-order valence-electron chi connectivity index (χ2n) is 6.15. The lowest BCUT2D eigenvalue weighted by Gasteiger charge is -2.37. The van der Waals surface area contributed by atoms with Crippen LogP contribution in [0.5, 0.6) is 10.8 Å². The van der Waals surface area contributed by atoms with Gasteiger partial charge >= 0.3 is 0 Å². The lowest BCUT2D eigenvalue weighted by atomic mass is 10.2. The van der Waals surface area contributed by atoms with Gasteiger partial charge < -0.3 is 19.5 Å². The van der Waals surface area contributed by atoms with E-state index in [-0.39, 0.29) is 12.4 Å². The van der Waals surface area contributed by atoms with Gasteiger partial charge in [0, 0.05) is 32.7 Å². The zero-order valence-corrected chi connectivity index (χ0v) is 16.8. The van der Waals surface area contributed by atoms with Crippen molar-refractivity contribution >= 4 is 29.4 Å². The Morgan fingerprint density at radius 2 is 1.96 bits per heavy atom. The SMILES string of the molecule is COc1ccccc1N1CCN(CC(O)COc2scnc2C)CC1.Cl. The summed E-state index contributed by atoms with van der Waals surface area (Å²) >= 11 is 1.46. The number of ether oxygens (including phenoxy) is 2. The number of aliphatic hydroxyl groups is 1. The van der Waals surface area contributed by atoms with E-state index >= 15 is 0 Å². The third-order valence-corrected chi connectivity index (χ3v) is 5.21. The molecule has 0 amide bonds. The standard InChI is InChI=1S/C18H25N3O3S.ClH/c1-14-18(25-13-19-14)24-12-15(22)11-20-7-9-21(10-8-20)16-5-3-4-6-17(16)23-2;/h3-6,13,15,22H,7-12H2,1-2H3;1H. The van der Waals surface area contributed by atoms with E-state index in [9.17, 15) is 5.11 Å². The average molecular weight is 400 g/mol. The number of hydrogen-bond donors (Lipinski definition) is 1. The van der Waals surface area contributed by atoms with Crippen molar-refractivity contribution in [3.8, 4) is 10.8 Å². The van der Waals surface area contributed by atoms with E-state index < -0.39 is 6.10 Å². The predicted octanol–water partition coefficient (Wildman–Crippen LogP) is 2.44. The Hall–Kier alpha value is -1.54. The second kappa shape index (κ2) is 9.97. The summed E-state index contributed by atoms with van der Waals surface area (Å²) < 4.78 is 11.1. The van der Waals surface area contributed by atoms with Crippen LogP contribution < -0.4 is 14.4 Å². The largest absolute Gasteiger partial charge is 0.495 e. The fourth-order valence-corrected chi connectivity index (χ4v) is 3.68. The molecular weight excluding hydrogens is 374 g/mol. The minimum Gasteiger partial charge on any atom is -0.495 e. The summed E-state index contributed by atoms with van der Waals surface area (Å²) in [7, 11) is 1.70. The molecule has 3 rings (SSSR count). The molecule has 26 heavy (non-hydrogen) atoms. The number of rotatable bonds is 7. The molecule has 2 aromatic rings. The molecule has 1 unspecified atom stereocenters. The Morgan fingerprint density at radius 3 is 2.62 bits per heavy atom. The molecule has 0 radical (unpaired) electrons. The Kier molecular flexibility index (Phi) is 7.96. The van der Waals surface area contributed by atoms with Crippen LogP contribution in [0.2, 0.25) is 0 Å². The molecule has 144 valence electrons. The van der Waals surface area contributed by atoms with Crippen LogP contribution >= 0.6 is 23.7 Å². The van der Waals surface area contributed by atoms with Gasteiger partial charge in [-0.3, -0.25) is 4.90 Å². The van der Waals surface area contributed by atoms with Gasteiger partial charge in [0.2, 0.25) is 0 Å². The molecule has 1 fully saturated rings. The van der Waals surface area contributed by atoms with Crippen molar-refractivity contribution in [2.75, 3.05) is 51.3 Å². The lowest BCUT2D eigenvalue weighted by Crippen LogP contribution is -2.49. The van der Waals surface area contributed by atoms with Crippen LogP contribution in [0.25, 0.3) is 0 Å². The maximum absolute atomic E-state index is 10.2. The van der Waals surface area contributed by atoms with E-state index in [2.05, 4.69) is 20.9 Å². The highest BCUT2D eigenvalue weighted by molar-refractivity contribution is 7.11. The highest BCUT2D eigenvalue weighted by atomic mass is 35.5. The van der Waals surface area contributed by atoms with Gasteiger partial charge in [0.25, 0.3) is 0 Å². The van der Waals surface area contributed by atoms with E-state index in [1.807, 2.05) is 25.1 Å². The molecular formula is C18H26ClN3O3S. The smallest absolute Gasteiger partial charge is 0.197 e. The highest BCUT2D eigenvalue weighted by Gasteiger charge is 2.21. The van der Waals surface area contributed by atoms with E-state index in [0.29, 0.717) is 13.2 Å². The molecule has 1 atom stereocenters. The number of halogens is 1. The molecule has 0 aliphatic carbocycles. The second-order valence-corrected chi connectivity index (χ2v) is 6.97. The van der Waals surface area contributed by atoms with Gasteiger partial charge in [-0.2, -0.15) is 0 Å². The first-order chi connectivity index (χ1) is 12.2. The maximum atomic E-state index is 10.2. The molecule has 1 aliphatic heterocycles. The molecule has 1 aliphatic rings. The van der Waals surface area contributed by atoms with Gasteiger partial charge in [-0.1, -0.05) is 23.5 Å². The monoisotopic (exact) mass is 399 g/mol. The molecule has 1 aromatic heterocycles. The normalized spacial score (nSPS) is 16.0. The number of aryl methyl sites for hydroxylation is 1. The maximum Gasteiger partial charge on any atom is 0.197 e. The predicted molar refractivity (Wildman–Crippen MR) is 107 cm³/mol. The van der Waals surface area contributed by atoms with Crippen molar-refractivity contribution in [1.29, 1.82) is 0 Å². The van der Waals surface area contributed by atoms with E-state index in [1.54, 1.807) is 12.6 Å². The molecule has 0 saturated carbocycles. The number of benzene rings is 1. The number of methoxy groups -OCH3 is 1. The Morgan fingerprint density at radius 1 is 1.23 bits per heavy atom. The van der Waals surface area contributed by atoms with Crippen LogP contribution in [0.4, 0.5) is 5.69 Å². The van der Waals surface area contributed by atoms with Gasteiger partial charge in [0.15, 0.2) is 5.06 Å². The number of nitrogens with zero attached hydrogens (tertiary/aromatic N) is 3. The molecule has 6 nitrogen and oxygen atoms in total. The fourth-order valence-electron chi connectivity index (χ4n) is 3.01. The summed E-state index contributed by atoms with van der Waals surface area (Å²) in [6.07, 6.45) is -0.501. The number of hydrogen-bond acceptors (Lipinski definition) is 7. The number of para-hydroxylation sites is 2. The minimum atomic E-state index is -0.501. The van der Waals surface area contributed by atoms with Crippen LogP contribution in [-0.4, -0.2) is 67.5 Å². The Labute approximate surface area is 164 Å². The van der Waals surface area contributed by atoms with E-state index in [4.69, 9.17) is 9.47 Å². The molecule has 2 heterocycles. The van der Waals surface area contributed by atoms with Crippen molar-refractivity contribution in [3.05, 3.63) is 35.5 Å². The molecule has 0 spiro atoms. The Bertz CT molecular complexity index is 677. The number of anilines is 1. The van der Waals surface area contributed by atoms with Crippen molar-refractivity contribution in [1.82, 2.24) is 9.88 Å². The zero-order chi connectivity index (χ0) is 17.6. The summed E-state index contributed by atoms with van der Waals surface area (Å²) in [6, 6.07) is 8.10. The van der Waals surface area contributed by atoms with Crippen molar-refractivity contribution in [3.63, 3.8) is 0 Å². The first-order valence-corrected chi connectivity index (χ1v) is 9.36. The third-order valence-electron chi connectivity index (χ3n) is 4.38. The van der Waals surface area contributed by atoms with Crippen molar-refractivity contribution in [2.24, 2.45) is 0 Å². The summed E-state index contributed by atoms with van der Waals surface area (Å²) in [4.78, 5) is 8.76. The summed E-state index contributed by atoms with van der Waals surface area (Å²) in [5.74, 6) is 0.907. The van der Waals surface area contributed by atoms with Gasteiger partial charge in [-0.15, -0.1) is 12.4 Å². The molecule has 1 saturated heterocycles. The van der Waals surface area contributed by atoms with Crippen LogP contribution in [0.1, 0.15) is 5.69 Å². The van der Waals surface area contributed by atoms with Crippen LogP contribution in [0, 0.1) is 6.92 Å². The van der Waals surface area contributed by atoms with Crippen molar-refractivity contribution < 1.29 is 14.6 Å². The zero-order valence-electron chi connectivity index (χ0n) is 15.1. The van der Waals surface area contributed by atoms with Gasteiger partial charge in [-0.25, -0.2) is 4.98 Å². The van der Waals surface area contributed by atoms with Crippen LogP contribution in [-0.2, 0) is 0 Å². The summed E-state index contributed by atoms with van der Waals surface area (Å²) in [6.45, 7) is 6.50. The average Bonchev–Trinajstić information content (AvgIpc) is 3.05. The number of β-amino-alcohol motifs (C(OH)–C–C–N with tert-alkyl or cyclic N) is 1. The first kappa shape index (κ1) is 20.8. The first-order valence-electron chi connectivity index (χ1n) is 8.48. The van der Waals surface area contributed by atoms with E-state index in [1.165, 1.54) is 11.3 Å². The number of thiazole rings is 1. The van der Waals surface area contributed by atoms with Crippen molar-refractivity contribution in [2.45, 2.75) is 13.0 Å². The number of aromatic nitrogens is 1.